The second kappa shape index (κ2) is 4.46. The van der Waals surface area contributed by atoms with Crippen LogP contribution < -0.4 is 10.1 Å². The van der Waals surface area contributed by atoms with E-state index in [4.69, 9.17) is 10.00 Å². The molecule has 1 fully saturated rings. The zero-order chi connectivity index (χ0) is 12.3. The number of nitrogens with zero attached hydrogens (tertiary/aromatic N) is 1. The summed E-state index contributed by atoms with van der Waals surface area (Å²) in [7, 11) is 0. The van der Waals surface area contributed by atoms with Gasteiger partial charge in [0.1, 0.15) is 5.75 Å². The summed E-state index contributed by atoms with van der Waals surface area (Å²) >= 11 is 0. The molecule has 0 unspecified atom stereocenters. The Bertz CT molecular complexity index is 473. The van der Waals surface area contributed by atoms with Crippen LogP contribution in [0.2, 0.25) is 0 Å². The van der Waals surface area contributed by atoms with E-state index in [1.54, 1.807) is 24.3 Å². The average molecular weight is 230 g/mol. The van der Waals surface area contributed by atoms with Gasteiger partial charge in [0.25, 0.3) is 5.91 Å². The van der Waals surface area contributed by atoms with E-state index in [1.165, 1.54) is 0 Å². The van der Waals surface area contributed by atoms with Gasteiger partial charge in [-0.25, -0.2) is 0 Å². The molecule has 88 valence electrons. The Balaban J connectivity index is 1.85. The average Bonchev–Trinajstić information content (AvgIpc) is 3.04. The molecule has 1 aliphatic carbocycles. The first-order chi connectivity index (χ1) is 8.11. The van der Waals surface area contributed by atoms with E-state index < -0.39 is 0 Å². The fourth-order valence-electron chi connectivity index (χ4n) is 1.49. The van der Waals surface area contributed by atoms with Crippen LogP contribution in [0.3, 0.4) is 0 Å². The molecule has 0 bridgehead atoms. The van der Waals surface area contributed by atoms with Crippen molar-refractivity contribution in [2.24, 2.45) is 0 Å². The van der Waals surface area contributed by atoms with Gasteiger partial charge in [0, 0.05) is 5.54 Å². The van der Waals surface area contributed by atoms with Gasteiger partial charge in [0.2, 0.25) is 0 Å². The van der Waals surface area contributed by atoms with Crippen molar-refractivity contribution in [1.82, 2.24) is 5.32 Å². The molecule has 1 saturated carbocycles. The van der Waals surface area contributed by atoms with Crippen LogP contribution in [0.4, 0.5) is 0 Å². The van der Waals surface area contributed by atoms with Crippen molar-refractivity contribution in [3.05, 3.63) is 29.8 Å². The van der Waals surface area contributed by atoms with Crippen LogP contribution in [0.15, 0.2) is 24.3 Å². The number of hydrogen-bond acceptors (Lipinski definition) is 3. The molecule has 0 radical (unpaired) electrons. The van der Waals surface area contributed by atoms with Crippen LogP contribution in [0.5, 0.6) is 5.75 Å². The molecule has 0 aliphatic heterocycles. The van der Waals surface area contributed by atoms with Crippen molar-refractivity contribution in [3.8, 4) is 11.8 Å². The number of amides is 1. The summed E-state index contributed by atoms with van der Waals surface area (Å²) in [5, 5.41) is 11.6. The molecule has 17 heavy (non-hydrogen) atoms. The molecule has 2 rings (SSSR count). The summed E-state index contributed by atoms with van der Waals surface area (Å²) in [6.45, 7) is 2.01. The third kappa shape index (κ3) is 3.22. The Morgan fingerprint density at radius 3 is 3.00 bits per heavy atom. The number of nitriles is 1. The Labute approximate surface area is 100 Å². The molecule has 1 amide bonds. The molecule has 1 aromatic rings. The Kier molecular flexibility index (Phi) is 3.01. The first-order valence-corrected chi connectivity index (χ1v) is 5.55. The normalized spacial score (nSPS) is 15.8. The van der Waals surface area contributed by atoms with Crippen molar-refractivity contribution < 1.29 is 9.53 Å². The molecular formula is C13H14N2O2. The van der Waals surface area contributed by atoms with Gasteiger partial charge in [0.05, 0.1) is 11.6 Å². The van der Waals surface area contributed by atoms with Crippen LogP contribution >= 0.6 is 0 Å². The van der Waals surface area contributed by atoms with E-state index in [0.717, 1.165) is 12.8 Å². The Morgan fingerprint density at radius 2 is 2.35 bits per heavy atom. The SMILES string of the molecule is CC1(NC(=O)COc2cccc(C#N)c2)CC1. The van der Waals surface area contributed by atoms with Crippen molar-refractivity contribution in [3.63, 3.8) is 0 Å². The number of ether oxygens (including phenoxy) is 1. The molecule has 0 spiro atoms. The highest BCUT2D eigenvalue weighted by atomic mass is 16.5. The minimum absolute atomic E-state index is 0.00945. The predicted octanol–water partition coefficient (Wildman–Crippen LogP) is 1.61. The van der Waals surface area contributed by atoms with E-state index in [-0.39, 0.29) is 18.1 Å². The third-order valence-electron chi connectivity index (χ3n) is 2.77. The second-order valence-electron chi connectivity index (χ2n) is 4.54. The predicted molar refractivity (Wildman–Crippen MR) is 62.4 cm³/mol. The standard InChI is InChI=1S/C13H14N2O2/c1-13(5-6-13)15-12(16)9-17-11-4-2-3-10(7-11)8-14/h2-4,7H,5-6,9H2,1H3,(H,15,16). The monoisotopic (exact) mass is 230 g/mol. The molecule has 1 aliphatic rings. The number of rotatable bonds is 4. The third-order valence-corrected chi connectivity index (χ3v) is 2.77. The largest absolute Gasteiger partial charge is 0.484 e. The highest BCUT2D eigenvalue weighted by Crippen LogP contribution is 2.34. The fourth-order valence-corrected chi connectivity index (χ4v) is 1.49. The number of nitrogens with one attached hydrogen (secondary N) is 1. The number of hydrogen-bond donors (Lipinski definition) is 1. The lowest BCUT2D eigenvalue weighted by atomic mass is 10.2. The van der Waals surface area contributed by atoms with Crippen LogP contribution in [0.1, 0.15) is 25.3 Å². The summed E-state index contributed by atoms with van der Waals surface area (Å²) in [6, 6.07) is 8.79. The molecule has 1 N–H and O–H groups in total. The summed E-state index contributed by atoms with van der Waals surface area (Å²) in [6.07, 6.45) is 2.06. The second-order valence-corrected chi connectivity index (χ2v) is 4.54. The van der Waals surface area contributed by atoms with Crippen LogP contribution in [-0.4, -0.2) is 18.1 Å². The van der Waals surface area contributed by atoms with Crippen molar-refractivity contribution in [2.75, 3.05) is 6.61 Å². The molecule has 0 aromatic heterocycles. The van der Waals surface area contributed by atoms with Gasteiger partial charge >= 0.3 is 0 Å². The quantitative estimate of drug-likeness (QED) is 0.854. The first kappa shape index (κ1) is 11.5. The highest BCUT2D eigenvalue weighted by molar-refractivity contribution is 5.78. The zero-order valence-corrected chi connectivity index (χ0v) is 9.69. The minimum Gasteiger partial charge on any atom is -0.484 e. The Morgan fingerprint density at radius 1 is 1.59 bits per heavy atom. The van der Waals surface area contributed by atoms with Crippen LogP contribution in [0.25, 0.3) is 0 Å². The molecule has 0 atom stereocenters. The van der Waals surface area contributed by atoms with Crippen LogP contribution in [-0.2, 0) is 4.79 Å². The van der Waals surface area contributed by atoms with Gasteiger partial charge in [-0.05, 0) is 38.0 Å². The molecule has 1 aromatic carbocycles. The van der Waals surface area contributed by atoms with Crippen molar-refractivity contribution >= 4 is 5.91 Å². The van der Waals surface area contributed by atoms with E-state index in [1.807, 2.05) is 13.0 Å². The lowest BCUT2D eigenvalue weighted by Gasteiger charge is -2.12. The first-order valence-electron chi connectivity index (χ1n) is 5.55. The molecule has 0 saturated heterocycles. The maximum absolute atomic E-state index is 11.5. The molecule has 0 heterocycles. The molecular weight excluding hydrogens is 216 g/mol. The summed E-state index contributed by atoms with van der Waals surface area (Å²) < 4.78 is 5.32. The van der Waals surface area contributed by atoms with Gasteiger partial charge in [-0.1, -0.05) is 6.07 Å². The van der Waals surface area contributed by atoms with Gasteiger partial charge in [-0.3, -0.25) is 4.79 Å². The summed E-state index contributed by atoms with van der Waals surface area (Å²) in [4.78, 5) is 11.5. The number of benzene rings is 1. The topological polar surface area (TPSA) is 62.1 Å². The minimum atomic E-state index is -0.118. The van der Waals surface area contributed by atoms with Gasteiger partial charge in [-0.15, -0.1) is 0 Å². The summed E-state index contributed by atoms with van der Waals surface area (Å²) in [5.41, 5.74) is 0.506. The fraction of sp³-hybridized carbons (Fsp3) is 0.385. The summed E-state index contributed by atoms with van der Waals surface area (Å²) in [5.74, 6) is 0.424. The lowest BCUT2D eigenvalue weighted by molar-refractivity contribution is -0.123. The van der Waals surface area contributed by atoms with Gasteiger partial charge in [-0.2, -0.15) is 5.26 Å². The lowest BCUT2D eigenvalue weighted by Crippen LogP contribution is -2.37. The number of carbonyl (C=O) groups excluding carboxylic acids is 1. The van der Waals surface area contributed by atoms with Gasteiger partial charge < -0.3 is 10.1 Å². The van der Waals surface area contributed by atoms with E-state index in [9.17, 15) is 4.79 Å². The van der Waals surface area contributed by atoms with Crippen molar-refractivity contribution in [1.29, 1.82) is 5.26 Å². The smallest absolute Gasteiger partial charge is 0.258 e. The molecule has 4 nitrogen and oxygen atoms in total. The van der Waals surface area contributed by atoms with Gasteiger partial charge in [0.15, 0.2) is 6.61 Å². The molecule has 4 heteroatoms. The zero-order valence-electron chi connectivity index (χ0n) is 9.69. The Hall–Kier alpha value is -2.02. The maximum atomic E-state index is 11.5. The number of carbonyl (C=O) groups is 1. The van der Waals surface area contributed by atoms with E-state index >= 15 is 0 Å². The van der Waals surface area contributed by atoms with E-state index in [0.29, 0.717) is 11.3 Å². The van der Waals surface area contributed by atoms with E-state index in [2.05, 4.69) is 5.32 Å². The van der Waals surface area contributed by atoms with Crippen molar-refractivity contribution in [2.45, 2.75) is 25.3 Å². The highest BCUT2D eigenvalue weighted by Gasteiger charge is 2.38. The van der Waals surface area contributed by atoms with Crippen LogP contribution in [0, 0.1) is 11.3 Å². The maximum Gasteiger partial charge on any atom is 0.258 e.